The van der Waals surface area contributed by atoms with Gasteiger partial charge in [0.2, 0.25) is 0 Å². The minimum Gasteiger partial charge on any atom is -0.477 e. The molecular weight excluding hydrogens is 586 g/mol. The van der Waals surface area contributed by atoms with Crippen LogP contribution in [0.1, 0.15) is 63.0 Å². The van der Waals surface area contributed by atoms with Gasteiger partial charge in [0, 0.05) is 50.9 Å². The number of amides is 1. The van der Waals surface area contributed by atoms with Crippen LogP contribution in [-0.2, 0) is 21.4 Å². The first-order chi connectivity index (χ1) is 20.6. The number of ether oxygens (including phenoxy) is 2. The molecule has 0 radical (unpaired) electrons. The van der Waals surface area contributed by atoms with E-state index in [1.807, 2.05) is 6.07 Å². The van der Waals surface area contributed by atoms with Gasteiger partial charge in [-0.3, -0.25) is 14.6 Å². The standard InChI is InChI=1S/C30H46N6O5P2/c1-29-11-10-21(38)26-30(29)12-15-35(2)23(29)16-18-8-9-22(25(41-26)24(18)30)40-28(39)36(3)14-5-7-20(37)19(33-17-42)6-4-13-32-27(31)34-43/h8-9,19,23,26,33H,4-7,10-17,42-43H2,1-3H3,(H3,31,32,34)/t19?,23-,26+,29+,30+/m1/s1. The molecule has 4 N–H and O–H groups in total. The summed E-state index contributed by atoms with van der Waals surface area (Å²) in [7, 11) is 8.75. The maximum atomic E-state index is 13.3. The van der Waals surface area contributed by atoms with Gasteiger partial charge in [0.05, 0.1) is 11.5 Å². The third-order valence-corrected chi connectivity index (χ3v) is 10.9. The molecule has 13 heteroatoms. The van der Waals surface area contributed by atoms with Crippen LogP contribution < -0.4 is 25.6 Å². The Morgan fingerprint density at radius 2 is 2.12 bits per heavy atom. The largest absolute Gasteiger partial charge is 0.477 e. The number of carbonyl (C=O) groups is 3. The maximum Gasteiger partial charge on any atom is 0.415 e. The zero-order valence-electron chi connectivity index (χ0n) is 25.5. The van der Waals surface area contributed by atoms with Crippen molar-refractivity contribution in [1.82, 2.24) is 20.2 Å². The molecule has 2 aliphatic heterocycles. The third-order valence-electron chi connectivity index (χ3n) is 10.3. The molecule has 4 aliphatic rings. The first kappa shape index (κ1) is 32.1. The molecule has 236 valence electrons. The molecular formula is C30H46N6O5P2. The summed E-state index contributed by atoms with van der Waals surface area (Å²) < 4.78 is 12.4. The highest BCUT2D eigenvalue weighted by Gasteiger charge is 2.71. The lowest BCUT2D eigenvalue weighted by atomic mass is 9.44. The minimum absolute atomic E-state index is 0.0849. The number of hydrogen-bond acceptors (Lipinski definition) is 8. The second-order valence-electron chi connectivity index (χ2n) is 12.6. The van der Waals surface area contributed by atoms with Gasteiger partial charge in [-0.25, -0.2) is 4.79 Å². The van der Waals surface area contributed by atoms with Crippen molar-refractivity contribution in [2.75, 3.05) is 40.0 Å². The topological polar surface area (TPSA) is 139 Å². The molecule has 2 heterocycles. The van der Waals surface area contributed by atoms with E-state index in [4.69, 9.17) is 15.2 Å². The number of hydrogen-bond donors (Lipinski definition) is 3. The Balaban J connectivity index is 1.22. The van der Waals surface area contributed by atoms with Crippen molar-refractivity contribution in [1.29, 1.82) is 0 Å². The van der Waals surface area contributed by atoms with E-state index in [0.717, 1.165) is 37.8 Å². The second kappa shape index (κ2) is 13.0. The van der Waals surface area contributed by atoms with Crippen molar-refractivity contribution in [2.24, 2.45) is 16.1 Å². The summed E-state index contributed by atoms with van der Waals surface area (Å²) in [6.45, 7) is 4.14. The number of nitrogens with one attached hydrogen (secondary N) is 2. The molecule has 2 bridgehead atoms. The molecule has 11 nitrogen and oxygen atoms in total. The Bertz CT molecular complexity index is 1300. The van der Waals surface area contributed by atoms with Crippen LogP contribution in [0.3, 0.4) is 0 Å². The monoisotopic (exact) mass is 632 g/mol. The molecule has 1 saturated carbocycles. The Labute approximate surface area is 258 Å². The van der Waals surface area contributed by atoms with Crippen molar-refractivity contribution in [3.63, 3.8) is 0 Å². The average Bonchev–Trinajstić information content (AvgIpc) is 3.35. The van der Waals surface area contributed by atoms with Crippen molar-refractivity contribution < 1.29 is 23.9 Å². The van der Waals surface area contributed by atoms with E-state index >= 15 is 0 Å². The molecule has 7 atom stereocenters. The van der Waals surface area contributed by atoms with E-state index < -0.39 is 12.2 Å². The number of rotatable bonds is 12. The summed E-state index contributed by atoms with van der Waals surface area (Å²) >= 11 is 0. The highest BCUT2D eigenvalue weighted by atomic mass is 31.0. The number of nitrogens with two attached hydrogens (primary N) is 1. The van der Waals surface area contributed by atoms with Crippen LogP contribution in [0.4, 0.5) is 4.79 Å². The van der Waals surface area contributed by atoms with Gasteiger partial charge in [-0.05, 0) is 78.6 Å². The second-order valence-corrected chi connectivity index (χ2v) is 13.3. The number of ketones is 2. The summed E-state index contributed by atoms with van der Waals surface area (Å²) in [5.41, 5.74) is 7.45. The lowest BCUT2D eigenvalue weighted by Crippen LogP contribution is -2.70. The summed E-state index contributed by atoms with van der Waals surface area (Å²) in [6, 6.07) is 3.93. The van der Waals surface area contributed by atoms with Gasteiger partial charge >= 0.3 is 6.09 Å². The number of carbonyl (C=O) groups excluding carboxylic acids is 3. The van der Waals surface area contributed by atoms with Crippen LogP contribution in [0.2, 0.25) is 0 Å². The van der Waals surface area contributed by atoms with E-state index in [2.05, 4.69) is 59.0 Å². The number of nitrogens with zero attached hydrogens (tertiary/aromatic N) is 3. The van der Waals surface area contributed by atoms with Gasteiger partial charge in [0.1, 0.15) is 5.78 Å². The first-order valence-electron chi connectivity index (χ1n) is 15.3. The van der Waals surface area contributed by atoms with E-state index in [1.54, 1.807) is 7.05 Å². The van der Waals surface area contributed by atoms with Gasteiger partial charge < -0.3 is 35.4 Å². The van der Waals surface area contributed by atoms with E-state index in [9.17, 15) is 14.4 Å². The fraction of sp³-hybridized carbons (Fsp3) is 0.667. The van der Waals surface area contributed by atoms with Crippen LogP contribution in [0.25, 0.3) is 0 Å². The summed E-state index contributed by atoms with van der Waals surface area (Å²) in [5.74, 6) is 1.53. The predicted octanol–water partition coefficient (Wildman–Crippen LogP) is 2.36. The Morgan fingerprint density at radius 1 is 1.33 bits per heavy atom. The first-order valence-corrected chi connectivity index (χ1v) is 16.7. The van der Waals surface area contributed by atoms with Crippen LogP contribution in [0.15, 0.2) is 17.1 Å². The Morgan fingerprint density at radius 3 is 2.86 bits per heavy atom. The number of likely N-dealkylation sites (N-methyl/N-ethyl adjacent to an activating group) is 1. The van der Waals surface area contributed by atoms with Crippen molar-refractivity contribution in [3.8, 4) is 11.5 Å². The maximum absolute atomic E-state index is 13.3. The summed E-state index contributed by atoms with van der Waals surface area (Å²) in [6.07, 6.45) is 4.90. The van der Waals surface area contributed by atoms with Crippen LogP contribution in [0.5, 0.6) is 11.5 Å². The molecule has 0 aromatic heterocycles. The van der Waals surface area contributed by atoms with Gasteiger partial charge in [-0.1, -0.05) is 13.0 Å². The number of aliphatic imine (C=N–C) groups is 1. The van der Waals surface area contributed by atoms with E-state index in [0.29, 0.717) is 68.6 Å². The summed E-state index contributed by atoms with van der Waals surface area (Å²) in [5, 5.41) is 5.93. The number of benzene rings is 1. The zero-order chi connectivity index (χ0) is 30.9. The minimum atomic E-state index is -0.533. The van der Waals surface area contributed by atoms with Gasteiger partial charge in [-0.15, -0.1) is 9.24 Å². The molecule has 1 amide bonds. The van der Waals surface area contributed by atoms with Crippen molar-refractivity contribution >= 4 is 42.2 Å². The highest BCUT2D eigenvalue weighted by molar-refractivity contribution is 7.16. The molecule has 3 unspecified atom stereocenters. The molecule has 43 heavy (non-hydrogen) atoms. The number of piperidine rings is 1. The van der Waals surface area contributed by atoms with Crippen LogP contribution in [-0.4, -0.2) is 91.6 Å². The highest BCUT2D eigenvalue weighted by Crippen LogP contribution is 2.68. The molecule has 2 aliphatic carbocycles. The fourth-order valence-corrected chi connectivity index (χ4v) is 8.43. The van der Waals surface area contributed by atoms with E-state index in [-0.39, 0.29) is 28.4 Å². The lowest BCUT2D eigenvalue weighted by Gasteiger charge is -2.63. The number of likely N-dealkylation sites (tertiary alicyclic amines) is 1. The molecule has 1 spiro atoms. The molecule has 1 aromatic rings. The Hall–Kier alpha value is -2.32. The molecule has 1 aromatic carbocycles. The Kier molecular flexibility index (Phi) is 9.67. The van der Waals surface area contributed by atoms with Crippen LogP contribution >= 0.6 is 18.6 Å². The molecule has 1 saturated heterocycles. The van der Waals surface area contributed by atoms with E-state index in [1.165, 1.54) is 10.5 Å². The predicted molar refractivity (Wildman–Crippen MR) is 173 cm³/mol. The van der Waals surface area contributed by atoms with Gasteiger partial charge in [-0.2, -0.15) is 0 Å². The quantitative estimate of drug-likeness (QED) is 0.137. The summed E-state index contributed by atoms with van der Waals surface area (Å²) in [4.78, 5) is 47.5. The zero-order valence-corrected chi connectivity index (χ0v) is 27.8. The fourth-order valence-electron chi connectivity index (χ4n) is 8.05. The SMILES string of the molecule is CN(CCCC(=O)C(CCCN=C(N)NP)NCP)C(=O)Oc1ccc2c3c1O[C@H]1C(=O)CC[C@@]4(C)[C@@H](C2)N(C)CC[C@]314. The number of guanidine groups is 1. The normalized spacial score (nSPS) is 28.1. The van der Waals surface area contributed by atoms with Crippen LogP contribution in [0, 0.1) is 5.41 Å². The van der Waals surface area contributed by atoms with Crippen molar-refractivity contribution in [2.45, 2.75) is 81.9 Å². The number of Topliss-reactive ketones (excluding diaryl/α,β-unsaturated/α-hetero) is 2. The lowest BCUT2D eigenvalue weighted by molar-refractivity contribution is -0.150. The average molecular weight is 633 g/mol. The smallest absolute Gasteiger partial charge is 0.415 e. The van der Waals surface area contributed by atoms with Gasteiger partial charge in [0.15, 0.2) is 29.3 Å². The molecule has 5 rings (SSSR count). The van der Waals surface area contributed by atoms with Gasteiger partial charge in [0.25, 0.3) is 0 Å². The molecule has 2 fully saturated rings. The third kappa shape index (κ3) is 5.67. The van der Waals surface area contributed by atoms with Crippen molar-refractivity contribution in [3.05, 3.63) is 23.3 Å².